The third-order valence-corrected chi connectivity index (χ3v) is 5.70. The van der Waals surface area contributed by atoms with Crippen molar-refractivity contribution in [3.05, 3.63) is 35.9 Å². The van der Waals surface area contributed by atoms with E-state index >= 15 is 0 Å². The van der Waals surface area contributed by atoms with Crippen LogP contribution >= 0.6 is 7.37 Å². The van der Waals surface area contributed by atoms with Gasteiger partial charge in [0.15, 0.2) is 0 Å². The summed E-state index contributed by atoms with van der Waals surface area (Å²) in [5.41, 5.74) is 0.0824. The van der Waals surface area contributed by atoms with Crippen molar-refractivity contribution < 1.29 is 14.6 Å². The first kappa shape index (κ1) is 13.4. The number of rotatable bonds is 5. The lowest BCUT2D eigenvalue weighted by Crippen LogP contribution is -2.09. The van der Waals surface area contributed by atoms with Gasteiger partial charge in [0.25, 0.3) is 0 Å². The largest absolute Gasteiger partial charge is 0.396 e. The van der Waals surface area contributed by atoms with E-state index in [1.54, 1.807) is 13.8 Å². The number of aliphatic hydroxyl groups is 1. The van der Waals surface area contributed by atoms with Gasteiger partial charge in [0, 0.05) is 12.3 Å². The second-order valence-corrected chi connectivity index (χ2v) is 7.21. The van der Waals surface area contributed by atoms with Crippen molar-refractivity contribution >= 4 is 7.37 Å². The van der Waals surface area contributed by atoms with Gasteiger partial charge in [-0.2, -0.15) is 0 Å². The molecular weight excluding hydrogens is 223 g/mol. The van der Waals surface area contributed by atoms with Gasteiger partial charge in [0.05, 0.1) is 5.66 Å². The fourth-order valence-corrected chi connectivity index (χ4v) is 3.53. The molecule has 0 bridgehead atoms. The van der Waals surface area contributed by atoms with Crippen molar-refractivity contribution in [3.8, 4) is 0 Å². The third-order valence-electron chi connectivity index (χ3n) is 2.77. The molecule has 2 N–H and O–H groups in total. The van der Waals surface area contributed by atoms with Gasteiger partial charge in [-0.1, -0.05) is 44.2 Å². The molecule has 0 saturated carbocycles. The van der Waals surface area contributed by atoms with E-state index in [0.717, 1.165) is 5.56 Å². The summed E-state index contributed by atoms with van der Waals surface area (Å²) in [5.74, 6) is 0. The van der Waals surface area contributed by atoms with E-state index in [4.69, 9.17) is 5.11 Å². The van der Waals surface area contributed by atoms with Gasteiger partial charge in [0.2, 0.25) is 7.37 Å². The first-order chi connectivity index (χ1) is 7.50. The number of hydrogen-bond donors (Lipinski definition) is 2. The maximum atomic E-state index is 12.2. The maximum absolute atomic E-state index is 12.2. The monoisotopic (exact) mass is 242 g/mol. The van der Waals surface area contributed by atoms with Crippen LogP contribution in [-0.2, 0) is 4.57 Å². The highest BCUT2D eigenvalue weighted by Gasteiger charge is 2.34. The Kier molecular flexibility index (Phi) is 4.72. The molecule has 16 heavy (non-hydrogen) atoms. The average molecular weight is 242 g/mol. The van der Waals surface area contributed by atoms with E-state index in [-0.39, 0.29) is 12.3 Å². The molecule has 1 aromatic carbocycles. The zero-order valence-electron chi connectivity index (χ0n) is 9.71. The maximum Gasteiger partial charge on any atom is 0.210 e. The molecule has 0 aromatic heterocycles. The molecule has 1 rings (SSSR count). The van der Waals surface area contributed by atoms with Crippen LogP contribution in [0.5, 0.6) is 0 Å². The molecule has 0 aliphatic rings. The standard InChI is InChI=1S/C12H19O3P/c1-10(2)16(14,15)12(8-9-13)11-6-4-3-5-7-11/h3-7,10,12-13H,8-9H2,1-2H3,(H,14,15). The molecule has 2 atom stereocenters. The summed E-state index contributed by atoms with van der Waals surface area (Å²) in [6.45, 7) is 3.42. The normalized spacial score (nSPS) is 17.1. The number of hydrogen-bond acceptors (Lipinski definition) is 2. The summed E-state index contributed by atoms with van der Waals surface area (Å²) >= 11 is 0. The summed E-state index contributed by atoms with van der Waals surface area (Å²) in [5, 5.41) is 9.01. The Morgan fingerprint density at radius 1 is 1.25 bits per heavy atom. The fourth-order valence-electron chi connectivity index (χ4n) is 1.72. The van der Waals surface area contributed by atoms with Crippen molar-refractivity contribution in [2.75, 3.05) is 6.61 Å². The Hall–Kier alpha value is -0.630. The van der Waals surface area contributed by atoms with Crippen molar-refractivity contribution in [3.63, 3.8) is 0 Å². The molecule has 0 fully saturated rings. The Bertz CT molecular complexity index is 362. The first-order valence-electron chi connectivity index (χ1n) is 5.48. The molecule has 2 unspecified atom stereocenters. The van der Waals surface area contributed by atoms with Gasteiger partial charge in [-0.05, 0) is 12.0 Å². The zero-order chi connectivity index (χ0) is 12.2. The van der Waals surface area contributed by atoms with E-state index in [9.17, 15) is 9.46 Å². The van der Waals surface area contributed by atoms with Crippen LogP contribution in [0.25, 0.3) is 0 Å². The smallest absolute Gasteiger partial charge is 0.210 e. The summed E-state index contributed by atoms with van der Waals surface area (Å²) in [6, 6.07) is 9.24. The van der Waals surface area contributed by atoms with Crippen LogP contribution in [0, 0.1) is 0 Å². The van der Waals surface area contributed by atoms with Gasteiger partial charge in [-0.15, -0.1) is 0 Å². The van der Waals surface area contributed by atoms with Gasteiger partial charge in [0.1, 0.15) is 0 Å². The predicted octanol–water partition coefficient (Wildman–Crippen LogP) is 2.79. The SMILES string of the molecule is CC(C)P(=O)(O)C(CCO)c1ccccc1. The second-order valence-electron chi connectivity index (χ2n) is 4.20. The Morgan fingerprint density at radius 3 is 2.25 bits per heavy atom. The lowest BCUT2D eigenvalue weighted by atomic mass is 10.1. The highest BCUT2D eigenvalue weighted by Crippen LogP contribution is 2.60. The van der Waals surface area contributed by atoms with Gasteiger partial charge in [-0.25, -0.2) is 0 Å². The first-order valence-corrected chi connectivity index (χ1v) is 7.28. The zero-order valence-corrected chi connectivity index (χ0v) is 10.6. The quantitative estimate of drug-likeness (QED) is 0.780. The molecule has 3 nitrogen and oxygen atoms in total. The number of benzene rings is 1. The molecule has 1 aromatic rings. The molecule has 0 radical (unpaired) electrons. The minimum Gasteiger partial charge on any atom is -0.396 e. The minimum absolute atomic E-state index is 0.0726. The second kappa shape index (κ2) is 5.62. The van der Waals surface area contributed by atoms with E-state index in [2.05, 4.69) is 0 Å². The molecule has 0 heterocycles. The van der Waals surface area contributed by atoms with Crippen LogP contribution in [0.4, 0.5) is 0 Å². The minimum atomic E-state index is -3.27. The van der Waals surface area contributed by atoms with Gasteiger partial charge < -0.3 is 10.00 Å². The van der Waals surface area contributed by atoms with Crippen molar-refractivity contribution in [1.82, 2.24) is 0 Å². The molecule has 0 saturated heterocycles. The number of aliphatic hydroxyl groups excluding tert-OH is 1. The molecule has 4 heteroatoms. The van der Waals surface area contributed by atoms with Crippen LogP contribution in [0.1, 0.15) is 31.5 Å². The third kappa shape index (κ3) is 2.94. The molecular formula is C12H19O3P. The van der Waals surface area contributed by atoms with Crippen LogP contribution in [0.3, 0.4) is 0 Å². The Labute approximate surface area is 96.6 Å². The van der Waals surface area contributed by atoms with Crippen molar-refractivity contribution in [2.45, 2.75) is 31.6 Å². The van der Waals surface area contributed by atoms with E-state index < -0.39 is 13.0 Å². The van der Waals surface area contributed by atoms with Crippen LogP contribution in [-0.4, -0.2) is 22.3 Å². The molecule has 0 amide bonds. The fraction of sp³-hybridized carbons (Fsp3) is 0.500. The lowest BCUT2D eigenvalue weighted by molar-refractivity contribution is 0.282. The average Bonchev–Trinajstić information content (AvgIpc) is 2.26. The van der Waals surface area contributed by atoms with Gasteiger partial charge >= 0.3 is 0 Å². The van der Waals surface area contributed by atoms with Crippen molar-refractivity contribution in [1.29, 1.82) is 0 Å². The Morgan fingerprint density at radius 2 is 1.81 bits per heavy atom. The van der Waals surface area contributed by atoms with Crippen LogP contribution in [0.15, 0.2) is 30.3 Å². The van der Waals surface area contributed by atoms with Gasteiger partial charge in [-0.3, -0.25) is 4.57 Å². The summed E-state index contributed by atoms with van der Waals surface area (Å²) in [6.07, 6.45) is 0.329. The van der Waals surface area contributed by atoms with Crippen LogP contribution in [0.2, 0.25) is 0 Å². The van der Waals surface area contributed by atoms with Crippen molar-refractivity contribution in [2.24, 2.45) is 0 Å². The van der Waals surface area contributed by atoms with Crippen LogP contribution < -0.4 is 0 Å². The molecule has 90 valence electrons. The predicted molar refractivity (Wildman–Crippen MR) is 65.8 cm³/mol. The molecule has 0 aliphatic carbocycles. The summed E-state index contributed by atoms with van der Waals surface area (Å²) < 4.78 is 12.2. The van der Waals surface area contributed by atoms with E-state index in [1.807, 2.05) is 30.3 Å². The topological polar surface area (TPSA) is 57.5 Å². The molecule has 0 spiro atoms. The Balaban J connectivity index is 3.05. The summed E-state index contributed by atoms with van der Waals surface area (Å²) in [4.78, 5) is 10.1. The molecule has 0 aliphatic heterocycles. The highest BCUT2D eigenvalue weighted by molar-refractivity contribution is 7.59. The van der Waals surface area contributed by atoms with E-state index in [1.165, 1.54) is 0 Å². The van der Waals surface area contributed by atoms with E-state index in [0.29, 0.717) is 6.42 Å². The lowest BCUT2D eigenvalue weighted by Gasteiger charge is -2.25. The highest BCUT2D eigenvalue weighted by atomic mass is 31.2. The summed E-state index contributed by atoms with van der Waals surface area (Å²) in [7, 11) is -3.27.